The van der Waals surface area contributed by atoms with E-state index >= 15 is 0 Å². The maximum Gasteiger partial charge on any atom is 0.292 e. The van der Waals surface area contributed by atoms with E-state index in [2.05, 4.69) is 15.5 Å². The summed E-state index contributed by atoms with van der Waals surface area (Å²) in [4.78, 5) is 27.7. The third kappa shape index (κ3) is 7.12. The number of aliphatic hydroxyl groups is 1. The van der Waals surface area contributed by atoms with Crippen LogP contribution < -0.4 is 15.8 Å². The van der Waals surface area contributed by atoms with Gasteiger partial charge in [0.15, 0.2) is 17.3 Å². The molecule has 0 saturated carbocycles. The van der Waals surface area contributed by atoms with Crippen LogP contribution in [0.25, 0.3) is 0 Å². The number of nitrogen functional groups attached to an aromatic ring is 1. The first kappa shape index (κ1) is 31.5. The van der Waals surface area contributed by atoms with Gasteiger partial charge in [-0.05, 0) is 42.8 Å². The highest BCUT2D eigenvalue weighted by atomic mass is 35.5. The number of piperidine rings is 1. The Bertz CT molecular complexity index is 1480. The van der Waals surface area contributed by atoms with Crippen molar-refractivity contribution in [1.82, 2.24) is 15.1 Å². The zero-order valence-corrected chi connectivity index (χ0v) is 25.0. The molecule has 4 N–H and O–H groups in total. The standard InChI is InChI=1S/C28H31BCl2FN5O5/c1-28(2)14-37(12-11-21(28)38)26(40)15-5-7-16(8-6-15)34-25(39)19-13-20(24(33)36-35-19)41-27(42-29(3)4)22-17(30)9-10-18(32)23(22)31/h5-10,13,21,27,38H,11-12,14H2,1-4H3,(H2,33,36)(H,34,39)/t21?,27-/m1/s1. The summed E-state index contributed by atoms with van der Waals surface area (Å²) in [5.41, 5.74) is 6.34. The van der Waals surface area contributed by atoms with Crippen molar-refractivity contribution >= 4 is 53.4 Å². The average molecular weight is 618 g/mol. The van der Waals surface area contributed by atoms with Crippen molar-refractivity contribution in [3.63, 3.8) is 0 Å². The van der Waals surface area contributed by atoms with E-state index in [1.807, 2.05) is 13.8 Å². The van der Waals surface area contributed by atoms with E-state index in [4.69, 9.17) is 38.3 Å². The maximum absolute atomic E-state index is 14.2. The zero-order valence-electron chi connectivity index (χ0n) is 23.5. The monoisotopic (exact) mass is 617 g/mol. The number of hydrogen-bond acceptors (Lipinski definition) is 8. The highest BCUT2D eigenvalue weighted by molar-refractivity contribution is 6.48. The Morgan fingerprint density at radius 2 is 1.88 bits per heavy atom. The third-order valence-electron chi connectivity index (χ3n) is 6.81. The van der Waals surface area contributed by atoms with E-state index in [-0.39, 0.29) is 45.7 Å². The maximum atomic E-state index is 14.2. The summed E-state index contributed by atoms with van der Waals surface area (Å²) in [5, 5.41) is 20.4. The van der Waals surface area contributed by atoms with Crippen LogP contribution in [0.1, 0.15) is 53.0 Å². The molecule has 222 valence electrons. The van der Waals surface area contributed by atoms with Crippen LogP contribution in [0, 0.1) is 11.2 Å². The van der Waals surface area contributed by atoms with E-state index in [0.717, 1.165) is 6.07 Å². The zero-order chi connectivity index (χ0) is 30.8. The van der Waals surface area contributed by atoms with E-state index in [1.165, 1.54) is 12.1 Å². The Labute approximate surface area is 253 Å². The first-order valence-electron chi connectivity index (χ1n) is 13.2. The molecule has 4 rings (SSSR count). The number of aliphatic hydroxyl groups excluding tert-OH is 1. The van der Waals surface area contributed by atoms with Crippen LogP contribution in [0.3, 0.4) is 0 Å². The van der Waals surface area contributed by atoms with Crippen LogP contribution in [0.15, 0.2) is 42.5 Å². The van der Waals surface area contributed by atoms with Crippen LogP contribution in [0.4, 0.5) is 15.9 Å². The van der Waals surface area contributed by atoms with Crippen molar-refractivity contribution < 1.29 is 28.5 Å². The van der Waals surface area contributed by atoms with Gasteiger partial charge in [-0.15, -0.1) is 10.2 Å². The molecule has 3 aromatic rings. The number of nitrogens with zero attached hydrogens (tertiary/aromatic N) is 3. The Hall–Kier alpha value is -3.45. The number of aromatic nitrogens is 2. The van der Waals surface area contributed by atoms with Gasteiger partial charge >= 0.3 is 0 Å². The fourth-order valence-corrected chi connectivity index (χ4v) is 5.01. The Kier molecular flexibility index (Phi) is 9.62. The first-order chi connectivity index (χ1) is 19.8. The molecule has 42 heavy (non-hydrogen) atoms. The molecule has 0 spiro atoms. The highest BCUT2D eigenvalue weighted by Gasteiger charge is 2.36. The summed E-state index contributed by atoms with van der Waals surface area (Å²) < 4.78 is 25.9. The van der Waals surface area contributed by atoms with Crippen molar-refractivity contribution in [2.75, 3.05) is 24.1 Å². The van der Waals surface area contributed by atoms with Crippen LogP contribution in [-0.2, 0) is 4.65 Å². The second-order valence-electron chi connectivity index (χ2n) is 10.9. The van der Waals surface area contributed by atoms with Gasteiger partial charge in [0.2, 0.25) is 6.29 Å². The lowest BCUT2D eigenvalue weighted by Gasteiger charge is -2.41. The molecule has 2 aromatic carbocycles. The van der Waals surface area contributed by atoms with E-state index in [0.29, 0.717) is 30.8 Å². The summed E-state index contributed by atoms with van der Waals surface area (Å²) in [6, 6.07) is 10.1. The van der Waals surface area contributed by atoms with E-state index < -0.39 is 29.5 Å². The van der Waals surface area contributed by atoms with Crippen molar-refractivity contribution in [2.45, 2.75) is 46.3 Å². The SMILES string of the molecule is CB(C)O[C@@H](Oc1cc(C(=O)Nc2ccc(C(=O)N3CCC(O)C(C)(C)C3)cc2)nnc1N)c1c(Cl)ccc(F)c1Cl. The van der Waals surface area contributed by atoms with Gasteiger partial charge in [-0.25, -0.2) is 4.39 Å². The molecule has 1 unspecified atom stereocenters. The van der Waals surface area contributed by atoms with Gasteiger partial charge in [0.05, 0.1) is 21.7 Å². The third-order valence-corrected chi connectivity index (χ3v) is 7.53. The topological polar surface area (TPSA) is 140 Å². The summed E-state index contributed by atoms with van der Waals surface area (Å²) in [5.74, 6) is -1.71. The van der Waals surface area contributed by atoms with Crippen LogP contribution >= 0.6 is 23.2 Å². The van der Waals surface area contributed by atoms with E-state index in [9.17, 15) is 19.1 Å². The first-order valence-corrected chi connectivity index (χ1v) is 14.0. The molecule has 0 radical (unpaired) electrons. The predicted molar refractivity (Wildman–Crippen MR) is 160 cm³/mol. The quantitative estimate of drug-likeness (QED) is 0.175. The molecule has 2 amide bonds. The van der Waals surface area contributed by atoms with Crippen LogP contribution in [0.5, 0.6) is 5.75 Å². The molecular formula is C28H31BCl2FN5O5. The summed E-state index contributed by atoms with van der Waals surface area (Å²) in [7, 11) is 0. The number of benzene rings is 2. The van der Waals surface area contributed by atoms with Crippen molar-refractivity contribution in [3.05, 3.63) is 75.1 Å². The largest absolute Gasteiger partial charge is 0.458 e. The number of nitrogens with two attached hydrogens (primary N) is 1. The van der Waals surface area contributed by atoms with Crippen molar-refractivity contribution in [2.24, 2.45) is 5.41 Å². The number of halogens is 3. The number of anilines is 2. The van der Waals surface area contributed by atoms with Gasteiger partial charge < -0.3 is 30.4 Å². The number of carbonyl (C=O) groups excluding carboxylic acids is 2. The number of ether oxygens (including phenoxy) is 1. The number of carbonyl (C=O) groups is 2. The molecule has 1 aliphatic heterocycles. The minimum atomic E-state index is -1.28. The summed E-state index contributed by atoms with van der Waals surface area (Å²) in [6.45, 7) is 7.84. The molecule has 14 heteroatoms. The van der Waals surface area contributed by atoms with Gasteiger partial charge in [0, 0.05) is 35.8 Å². The Morgan fingerprint density at radius 1 is 1.19 bits per heavy atom. The van der Waals surface area contributed by atoms with Crippen molar-refractivity contribution in [3.8, 4) is 5.75 Å². The molecule has 10 nitrogen and oxygen atoms in total. The molecule has 1 aliphatic rings. The molecule has 0 bridgehead atoms. The second kappa shape index (κ2) is 12.8. The fraction of sp³-hybridized carbons (Fsp3) is 0.357. The number of hydrogen-bond donors (Lipinski definition) is 3. The Balaban J connectivity index is 1.49. The van der Waals surface area contributed by atoms with Gasteiger partial charge in [-0.1, -0.05) is 50.7 Å². The molecule has 1 aromatic heterocycles. The van der Waals surface area contributed by atoms with Gasteiger partial charge in [-0.3, -0.25) is 9.59 Å². The molecule has 1 saturated heterocycles. The fourth-order valence-electron chi connectivity index (χ4n) is 4.46. The molecule has 1 fully saturated rings. The van der Waals surface area contributed by atoms with Gasteiger partial charge in [0.25, 0.3) is 18.7 Å². The van der Waals surface area contributed by atoms with Crippen LogP contribution in [0.2, 0.25) is 23.7 Å². The molecule has 0 aliphatic carbocycles. The predicted octanol–water partition coefficient (Wildman–Crippen LogP) is 5.34. The van der Waals surface area contributed by atoms with Gasteiger partial charge in [0.1, 0.15) is 5.82 Å². The smallest absolute Gasteiger partial charge is 0.292 e. The molecule has 2 heterocycles. The summed E-state index contributed by atoms with van der Waals surface area (Å²) in [6.07, 6.45) is -1.23. The van der Waals surface area contributed by atoms with Gasteiger partial charge in [-0.2, -0.15) is 0 Å². The lowest BCUT2D eigenvalue weighted by Crippen LogP contribution is -2.50. The lowest BCUT2D eigenvalue weighted by atomic mass is 9.75. The normalized spacial score (nSPS) is 17.0. The Morgan fingerprint density at radius 3 is 2.52 bits per heavy atom. The number of likely N-dealkylation sites (tertiary alicyclic amines) is 1. The average Bonchev–Trinajstić information content (AvgIpc) is 2.93. The number of rotatable bonds is 8. The second-order valence-corrected chi connectivity index (χ2v) is 11.7. The number of amides is 2. The van der Waals surface area contributed by atoms with Crippen molar-refractivity contribution in [1.29, 1.82) is 0 Å². The number of nitrogens with one attached hydrogen (secondary N) is 1. The highest BCUT2D eigenvalue weighted by Crippen LogP contribution is 2.37. The van der Waals surface area contributed by atoms with E-state index in [1.54, 1.807) is 42.8 Å². The summed E-state index contributed by atoms with van der Waals surface area (Å²) >= 11 is 12.5. The molecule has 2 atom stereocenters. The minimum absolute atomic E-state index is 0.0492. The molecular weight excluding hydrogens is 587 g/mol. The van der Waals surface area contributed by atoms with Crippen LogP contribution in [-0.4, -0.2) is 58.1 Å². The minimum Gasteiger partial charge on any atom is -0.458 e. The lowest BCUT2D eigenvalue weighted by molar-refractivity contribution is -0.0182.